The van der Waals surface area contributed by atoms with Crippen LogP contribution in [0.2, 0.25) is 0 Å². The van der Waals surface area contributed by atoms with Crippen molar-refractivity contribution < 1.29 is 14.3 Å². The molecule has 0 spiro atoms. The summed E-state index contributed by atoms with van der Waals surface area (Å²) in [5, 5.41) is 6.22. The maximum Gasteiger partial charge on any atom is 0.407 e. The molecular formula is C19H30N4O3. The van der Waals surface area contributed by atoms with Crippen LogP contribution in [0.3, 0.4) is 0 Å². The third-order valence-corrected chi connectivity index (χ3v) is 3.82. The Bertz CT molecular complexity index is 599. The van der Waals surface area contributed by atoms with Crippen LogP contribution in [0.4, 0.5) is 4.79 Å². The van der Waals surface area contributed by atoms with Crippen molar-refractivity contribution in [3.63, 3.8) is 0 Å². The van der Waals surface area contributed by atoms with Gasteiger partial charge in [0.25, 0.3) is 0 Å². The molecule has 0 saturated carbocycles. The number of likely N-dealkylation sites (tertiary alicyclic amines) is 1. The highest BCUT2D eigenvalue weighted by Crippen LogP contribution is 2.12. The molecule has 7 heteroatoms. The van der Waals surface area contributed by atoms with E-state index in [2.05, 4.69) is 20.5 Å². The second-order valence-corrected chi connectivity index (χ2v) is 7.21. The molecule has 1 aromatic rings. The molecule has 2 N–H and O–H groups in total. The first-order valence-electron chi connectivity index (χ1n) is 9.00. The van der Waals surface area contributed by atoms with Crippen LogP contribution in [-0.4, -0.2) is 61.9 Å². The highest BCUT2D eigenvalue weighted by molar-refractivity contribution is 5.80. The van der Waals surface area contributed by atoms with E-state index in [4.69, 9.17) is 9.47 Å². The molecule has 1 atom stereocenters. The number of amides is 1. The van der Waals surface area contributed by atoms with Crippen LogP contribution in [-0.2, 0) is 4.74 Å². The number of hydrogen-bond donors (Lipinski definition) is 2. The SMILES string of the molecule is CN=C(NCCOc1ccccc1)N1CCC(NC(=O)OC(C)(C)C)C1. The van der Waals surface area contributed by atoms with Crippen LogP contribution < -0.4 is 15.4 Å². The third kappa shape index (κ3) is 6.82. The number of benzene rings is 1. The van der Waals surface area contributed by atoms with E-state index in [1.165, 1.54) is 0 Å². The summed E-state index contributed by atoms with van der Waals surface area (Å²) in [4.78, 5) is 18.3. The van der Waals surface area contributed by atoms with Gasteiger partial charge in [0.1, 0.15) is 18.0 Å². The zero-order valence-electron chi connectivity index (χ0n) is 16.1. The number of carbonyl (C=O) groups is 1. The molecular weight excluding hydrogens is 332 g/mol. The van der Waals surface area contributed by atoms with Crippen molar-refractivity contribution in [3.05, 3.63) is 30.3 Å². The van der Waals surface area contributed by atoms with Crippen molar-refractivity contribution in [1.29, 1.82) is 0 Å². The van der Waals surface area contributed by atoms with Crippen LogP contribution in [0.25, 0.3) is 0 Å². The van der Waals surface area contributed by atoms with Gasteiger partial charge in [-0.25, -0.2) is 4.79 Å². The minimum atomic E-state index is -0.487. The van der Waals surface area contributed by atoms with Gasteiger partial charge in [0, 0.05) is 20.1 Å². The molecule has 1 saturated heterocycles. The molecule has 0 aromatic heterocycles. The van der Waals surface area contributed by atoms with Crippen molar-refractivity contribution in [2.45, 2.75) is 38.8 Å². The van der Waals surface area contributed by atoms with E-state index in [1.807, 2.05) is 51.1 Å². The van der Waals surface area contributed by atoms with Gasteiger partial charge in [0.05, 0.1) is 12.6 Å². The van der Waals surface area contributed by atoms with E-state index in [9.17, 15) is 4.79 Å². The molecule has 2 rings (SSSR count). The van der Waals surface area contributed by atoms with E-state index in [0.29, 0.717) is 19.7 Å². The summed E-state index contributed by atoms with van der Waals surface area (Å²) in [5.74, 6) is 1.67. The average molecular weight is 362 g/mol. The van der Waals surface area contributed by atoms with Gasteiger partial charge in [0.15, 0.2) is 5.96 Å². The predicted molar refractivity (Wildman–Crippen MR) is 103 cm³/mol. The van der Waals surface area contributed by atoms with E-state index in [1.54, 1.807) is 7.05 Å². The van der Waals surface area contributed by atoms with Gasteiger partial charge in [-0.05, 0) is 39.3 Å². The highest BCUT2D eigenvalue weighted by atomic mass is 16.6. The Hall–Kier alpha value is -2.44. The summed E-state index contributed by atoms with van der Waals surface area (Å²) >= 11 is 0. The molecule has 1 aromatic carbocycles. The second-order valence-electron chi connectivity index (χ2n) is 7.21. The molecule has 0 aliphatic carbocycles. The van der Waals surface area contributed by atoms with Crippen LogP contribution in [0.1, 0.15) is 27.2 Å². The maximum atomic E-state index is 11.9. The number of aliphatic imine (C=N–C) groups is 1. The monoisotopic (exact) mass is 362 g/mol. The average Bonchev–Trinajstić information content (AvgIpc) is 3.02. The van der Waals surface area contributed by atoms with Gasteiger partial charge >= 0.3 is 6.09 Å². The number of nitrogens with one attached hydrogen (secondary N) is 2. The Labute approximate surface area is 155 Å². The standard InChI is InChI=1S/C19H30N4O3/c1-19(2,3)26-18(24)22-15-10-12-23(14-15)17(20-4)21-11-13-25-16-8-6-5-7-9-16/h5-9,15H,10-14H2,1-4H3,(H,20,21)(H,22,24). The van der Waals surface area contributed by atoms with Crippen molar-refractivity contribution in [2.24, 2.45) is 4.99 Å². The zero-order chi connectivity index (χ0) is 19.0. The predicted octanol–water partition coefficient (Wildman–Crippen LogP) is 2.24. The number of hydrogen-bond acceptors (Lipinski definition) is 4. The van der Waals surface area contributed by atoms with E-state index < -0.39 is 5.60 Å². The number of guanidine groups is 1. The first-order valence-corrected chi connectivity index (χ1v) is 9.00. The Kier molecular flexibility index (Phi) is 7.12. The molecule has 26 heavy (non-hydrogen) atoms. The number of alkyl carbamates (subject to hydrolysis) is 1. The summed E-state index contributed by atoms with van der Waals surface area (Å²) in [7, 11) is 1.76. The molecule has 1 amide bonds. The summed E-state index contributed by atoms with van der Waals surface area (Å²) in [5.41, 5.74) is -0.487. The number of carbonyl (C=O) groups excluding carboxylic acids is 1. The quantitative estimate of drug-likeness (QED) is 0.477. The lowest BCUT2D eigenvalue weighted by atomic mass is 10.2. The molecule has 0 bridgehead atoms. The Morgan fingerprint density at radius 2 is 2.04 bits per heavy atom. The number of para-hydroxylation sites is 1. The normalized spacial score (nSPS) is 17.8. The third-order valence-electron chi connectivity index (χ3n) is 3.82. The highest BCUT2D eigenvalue weighted by Gasteiger charge is 2.27. The molecule has 7 nitrogen and oxygen atoms in total. The Morgan fingerprint density at radius 3 is 2.69 bits per heavy atom. The fourth-order valence-electron chi connectivity index (χ4n) is 2.73. The van der Waals surface area contributed by atoms with Gasteiger partial charge in [0.2, 0.25) is 0 Å². The Balaban J connectivity index is 1.71. The number of rotatable bonds is 5. The summed E-state index contributed by atoms with van der Waals surface area (Å²) in [6, 6.07) is 9.78. The number of nitrogens with zero attached hydrogens (tertiary/aromatic N) is 2. The van der Waals surface area contributed by atoms with Crippen molar-refractivity contribution in [2.75, 3.05) is 33.3 Å². The minimum absolute atomic E-state index is 0.0592. The Morgan fingerprint density at radius 1 is 1.31 bits per heavy atom. The lowest BCUT2D eigenvalue weighted by Gasteiger charge is -2.23. The van der Waals surface area contributed by atoms with Crippen molar-refractivity contribution in [3.8, 4) is 5.75 Å². The second kappa shape index (κ2) is 9.31. The lowest BCUT2D eigenvalue weighted by Crippen LogP contribution is -2.44. The fraction of sp³-hybridized carbons (Fsp3) is 0.579. The van der Waals surface area contributed by atoms with Crippen LogP contribution in [0, 0.1) is 0 Å². The zero-order valence-corrected chi connectivity index (χ0v) is 16.1. The summed E-state index contributed by atoms with van der Waals surface area (Å²) in [6.45, 7) is 8.32. The van der Waals surface area contributed by atoms with Crippen LogP contribution in [0.5, 0.6) is 5.75 Å². The smallest absolute Gasteiger partial charge is 0.407 e. The van der Waals surface area contributed by atoms with Gasteiger partial charge < -0.3 is 25.0 Å². The summed E-state index contributed by atoms with van der Waals surface area (Å²) in [6.07, 6.45) is 0.490. The largest absolute Gasteiger partial charge is 0.492 e. The molecule has 144 valence electrons. The molecule has 1 unspecified atom stereocenters. The van der Waals surface area contributed by atoms with E-state index in [0.717, 1.165) is 24.7 Å². The van der Waals surface area contributed by atoms with E-state index >= 15 is 0 Å². The van der Waals surface area contributed by atoms with Crippen molar-refractivity contribution in [1.82, 2.24) is 15.5 Å². The first kappa shape index (κ1) is 19.9. The van der Waals surface area contributed by atoms with Crippen molar-refractivity contribution >= 4 is 12.1 Å². The maximum absolute atomic E-state index is 11.9. The topological polar surface area (TPSA) is 75.2 Å². The minimum Gasteiger partial charge on any atom is -0.492 e. The lowest BCUT2D eigenvalue weighted by molar-refractivity contribution is 0.0507. The molecule has 1 heterocycles. The summed E-state index contributed by atoms with van der Waals surface area (Å²) < 4.78 is 11.0. The molecule has 0 radical (unpaired) electrons. The molecule has 1 aliphatic rings. The number of ether oxygens (including phenoxy) is 2. The van der Waals surface area contributed by atoms with E-state index in [-0.39, 0.29) is 12.1 Å². The first-order chi connectivity index (χ1) is 12.4. The van der Waals surface area contributed by atoms with Gasteiger partial charge in [-0.3, -0.25) is 4.99 Å². The van der Waals surface area contributed by atoms with Gasteiger partial charge in [-0.2, -0.15) is 0 Å². The van der Waals surface area contributed by atoms with Gasteiger partial charge in [-0.1, -0.05) is 18.2 Å². The van der Waals surface area contributed by atoms with Crippen LogP contribution in [0.15, 0.2) is 35.3 Å². The fourth-order valence-corrected chi connectivity index (χ4v) is 2.73. The molecule has 1 aliphatic heterocycles. The molecule has 1 fully saturated rings. The van der Waals surface area contributed by atoms with Gasteiger partial charge in [-0.15, -0.1) is 0 Å². The van der Waals surface area contributed by atoms with Crippen LogP contribution >= 0.6 is 0 Å².